The molecular formula is C30H42O9. The van der Waals surface area contributed by atoms with E-state index in [2.05, 4.69) is 0 Å². The molecule has 2 aliphatic rings. The second-order valence-electron chi connectivity index (χ2n) is 10.7. The van der Waals surface area contributed by atoms with Crippen molar-refractivity contribution in [3.63, 3.8) is 0 Å². The van der Waals surface area contributed by atoms with E-state index in [0.29, 0.717) is 37.9 Å². The Morgan fingerprint density at radius 1 is 0.872 bits per heavy atom. The van der Waals surface area contributed by atoms with Gasteiger partial charge in [0.15, 0.2) is 23.0 Å². The number of aromatic hydroxyl groups is 2. The second kappa shape index (κ2) is 13.6. The van der Waals surface area contributed by atoms with Gasteiger partial charge in [0.1, 0.15) is 6.79 Å². The molecule has 2 saturated carbocycles. The fraction of sp³-hybridized carbons (Fsp3) is 0.600. The molecule has 2 aromatic rings. The molecule has 2 fully saturated rings. The van der Waals surface area contributed by atoms with Crippen molar-refractivity contribution in [2.24, 2.45) is 11.8 Å². The molecule has 2 aromatic carbocycles. The molecule has 0 bridgehead atoms. The van der Waals surface area contributed by atoms with Crippen molar-refractivity contribution in [1.82, 2.24) is 0 Å². The van der Waals surface area contributed by atoms with Gasteiger partial charge in [0, 0.05) is 11.8 Å². The summed E-state index contributed by atoms with van der Waals surface area (Å²) in [7, 11) is 2.90. The van der Waals surface area contributed by atoms with Crippen molar-refractivity contribution in [3.05, 3.63) is 41.5 Å². The lowest BCUT2D eigenvalue weighted by atomic mass is 9.71. The van der Waals surface area contributed by atoms with E-state index in [1.54, 1.807) is 18.2 Å². The first-order valence-corrected chi connectivity index (χ1v) is 13.9. The average Bonchev–Trinajstić information content (AvgIpc) is 3.44. The summed E-state index contributed by atoms with van der Waals surface area (Å²) in [4.78, 5) is 0. The Labute approximate surface area is 229 Å². The maximum Gasteiger partial charge on any atom is 0.200 e. The predicted molar refractivity (Wildman–Crippen MR) is 144 cm³/mol. The van der Waals surface area contributed by atoms with Crippen LogP contribution in [0.1, 0.15) is 56.1 Å². The highest BCUT2D eigenvalue weighted by molar-refractivity contribution is 5.53. The van der Waals surface area contributed by atoms with Gasteiger partial charge in [-0.25, -0.2) is 0 Å². The van der Waals surface area contributed by atoms with Crippen LogP contribution < -0.4 is 14.2 Å². The van der Waals surface area contributed by atoms with Crippen molar-refractivity contribution in [2.75, 3.05) is 21.0 Å². The maximum atomic E-state index is 11.4. The molecule has 2 aliphatic carbocycles. The standard InChI is InChI=1S/C30H42O9/c1-36-27-15-19(16-28(37-2)30(27)35)13-22-23(32)11-9-21(29(22)34)25(38-17-31)12-8-18-7-10-24(33)26(14-18)39-20-5-3-4-6-20/h7,10,14-16,20-23,25,29,31-35H,3-6,8-9,11-13,17H2,1-2H3. The van der Waals surface area contributed by atoms with Crippen LogP contribution in [-0.4, -0.2) is 71.0 Å². The van der Waals surface area contributed by atoms with Gasteiger partial charge < -0.3 is 44.5 Å². The highest BCUT2D eigenvalue weighted by Crippen LogP contribution is 2.41. The summed E-state index contributed by atoms with van der Waals surface area (Å²) >= 11 is 0. The zero-order valence-electron chi connectivity index (χ0n) is 22.8. The topological polar surface area (TPSA) is 138 Å². The second-order valence-corrected chi connectivity index (χ2v) is 10.7. The fourth-order valence-corrected chi connectivity index (χ4v) is 6.11. The van der Waals surface area contributed by atoms with E-state index in [-0.39, 0.29) is 35.0 Å². The number of benzene rings is 2. The first kappa shape index (κ1) is 29.3. The van der Waals surface area contributed by atoms with Crippen LogP contribution in [0.3, 0.4) is 0 Å². The molecule has 5 unspecified atom stereocenters. The van der Waals surface area contributed by atoms with Crippen molar-refractivity contribution in [3.8, 4) is 28.7 Å². The predicted octanol–water partition coefficient (Wildman–Crippen LogP) is 3.69. The van der Waals surface area contributed by atoms with Crippen LogP contribution in [0.4, 0.5) is 0 Å². The zero-order chi connectivity index (χ0) is 27.9. The van der Waals surface area contributed by atoms with Crippen LogP contribution in [0.5, 0.6) is 28.7 Å². The number of ether oxygens (including phenoxy) is 4. The number of rotatable bonds is 12. The van der Waals surface area contributed by atoms with Gasteiger partial charge in [0.25, 0.3) is 0 Å². The minimum Gasteiger partial charge on any atom is -0.504 e. The Bertz CT molecular complexity index is 1040. The molecule has 9 heteroatoms. The summed E-state index contributed by atoms with van der Waals surface area (Å²) in [5.41, 5.74) is 1.72. The molecule has 216 valence electrons. The van der Waals surface area contributed by atoms with Crippen molar-refractivity contribution < 1.29 is 44.5 Å². The van der Waals surface area contributed by atoms with Gasteiger partial charge in [0.2, 0.25) is 5.75 Å². The molecule has 0 radical (unpaired) electrons. The van der Waals surface area contributed by atoms with Crippen molar-refractivity contribution in [1.29, 1.82) is 0 Å². The lowest BCUT2D eigenvalue weighted by molar-refractivity contribution is -0.136. The van der Waals surface area contributed by atoms with Crippen LogP contribution >= 0.6 is 0 Å². The number of aryl methyl sites for hydroxylation is 1. The first-order valence-electron chi connectivity index (χ1n) is 13.9. The lowest BCUT2D eigenvalue weighted by Crippen LogP contribution is -2.48. The van der Waals surface area contributed by atoms with Gasteiger partial charge >= 0.3 is 0 Å². The smallest absolute Gasteiger partial charge is 0.200 e. The molecule has 5 N–H and O–H groups in total. The van der Waals surface area contributed by atoms with E-state index in [4.69, 9.17) is 18.9 Å². The monoisotopic (exact) mass is 546 g/mol. The molecule has 0 aromatic heterocycles. The summed E-state index contributed by atoms with van der Waals surface area (Å²) < 4.78 is 22.3. The van der Waals surface area contributed by atoms with Gasteiger partial charge in [-0.3, -0.25) is 0 Å². The molecule has 4 rings (SSSR count). The third-order valence-electron chi connectivity index (χ3n) is 8.28. The number of phenols is 2. The summed E-state index contributed by atoms with van der Waals surface area (Å²) in [6.45, 7) is -0.473. The van der Waals surface area contributed by atoms with Crippen molar-refractivity contribution >= 4 is 0 Å². The molecular weight excluding hydrogens is 504 g/mol. The Hall–Kier alpha value is -2.72. The Balaban J connectivity index is 1.45. The Morgan fingerprint density at radius 2 is 1.54 bits per heavy atom. The molecule has 9 nitrogen and oxygen atoms in total. The highest BCUT2D eigenvalue weighted by atomic mass is 16.6. The largest absolute Gasteiger partial charge is 0.504 e. The van der Waals surface area contributed by atoms with E-state index in [1.165, 1.54) is 14.2 Å². The van der Waals surface area contributed by atoms with Gasteiger partial charge in [-0.05, 0) is 93.2 Å². The summed E-state index contributed by atoms with van der Waals surface area (Å²) in [6, 6.07) is 8.71. The number of aliphatic hydroxyl groups is 3. The zero-order valence-corrected chi connectivity index (χ0v) is 22.8. The molecule has 5 atom stereocenters. The fourth-order valence-electron chi connectivity index (χ4n) is 6.11. The third kappa shape index (κ3) is 7.08. The number of aliphatic hydroxyl groups excluding tert-OH is 3. The molecule has 39 heavy (non-hydrogen) atoms. The van der Waals surface area contributed by atoms with Gasteiger partial charge in [-0.2, -0.15) is 0 Å². The molecule has 0 saturated heterocycles. The SMILES string of the molecule is COc1cc(CC2C(O)CCC(C(CCc3ccc(O)c(OC4CCCC4)c3)OCO)C2O)cc(OC)c1O. The Morgan fingerprint density at radius 3 is 2.18 bits per heavy atom. The van der Waals surface area contributed by atoms with E-state index >= 15 is 0 Å². The average molecular weight is 547 g/mol. The summed E-state index contributed by atoms with van der Waals surface area (Å²) in [5.74, 6) is 0.245. The van der Waals surface area contributed by atoms with Crippen LogP contribution in [0.15, 0.2) is 30.3 Å². The van der Waals surface area contributed by atoms with E-state index in [0.717, 1.165) is 36.8 Å². The quantitative estimate of drug-likeness (QED) is 0.252. The minimum absolute atomic E-state index is 0.103. The number of hydrogen-bond donors (Lipinski definition) is 5. The van der Waals surface area contributed by atoms with Crippen molar-refractivity contribution in [2.45, 2.75) is 82.2 Å². The molecule has 0 heterocycles. The molecule has 0 spiro atoms. The minimum atomic E-state index is -0.878. The highest BCUT2D eigenvalue weighted by Gasteiger charge is 2.41. The molecule has 0 aliphatic heterocycles. The third-order valence-corrected chi connectivity index (χ3v) is 8.28. The number of hydrogen-bond acceptors (Lipinski definition) is 9. The van der Waals surface area contributed by atoms with Gasteiger partial charge in [-0.15, -0.1) is 0 Å². The summed E-state index contributed by atoms with van der Waals surface area (Å²) in [6.07, 6.45) is 4.89. The van der Waals surface area contributed by atoms with Crippen LogP contribution in [0.2, 0.25) is 0 Å². The Kier molecular flexibility index (Phi) is 10.2. The van der Waals surface area contributed by atoms with E-state index in [9.17, 15) is 25.5 Å². The van der Waals surface area contributed by atoms with E-state index < -0.39 is 31.0 Å². The maximum absolute atomic E-state index is 11.4. The summed E-state index contributed by atoms with van der Waals surface area (Å²) in [5, 5.41) is 52.4. The van der Waals surface area contributed by atoms with Crippen LogP contribution in [0.25, 0.3) is 0 Å². The normalized spacial score (nSPS) is 24.4. The van der Waals surface area contributed by atoms with Gasteiger partial charge in [-0.1, -0.05) is 6.07 Å². The van der Waals surface area contributed by atoms with Crippen LogP contribution in [0, 0.1) is 11.8 Å². The molecule has 0 amide bonds. The van der Waals surface area contributed by atoms with E-state index in [1.807, 2.05) is 12.1 Å². The van der Waals surface area contributed by atoms with Crippen LogP contribution in [-0.2, 0) is 17.6 Å². The number of phenolic OH excluding ortho intramolecular Hbond substituents is 2. The number of methoxy groups -OCH3 is 2. The van der Waals surface area contributed by atoms with Gasteiger partial charge in [0.05, 0.1) is 38.6 Å². The lowest BCUT2D eigenvalue weighted by Gasteiger charge is -2.41. The first-order chi connectivity index (χ1) is 18.8.